The lowest BCUT2D eigenvalue weighted by atomic mass is 10.2. The smallest absolute Gasteiger partial charge is 0.269 e. The van der Waals surface area contributed by atoms with Crippen molar-refractivity contribution in [2.75, 3.05) is 6.54 Å². The minimum Gasteiger partial charge on any atom is -0.273 e. The molecule has 0 atom stereocenters. The van der Waals surface area contributed by atoms with E-state index in [0.29, 0.717) is 0 Å². The first kappa shape index (κ1) is 17.9. The second-order valence-electron chi connectivity index (χ2n) is 4.76. The van der Waals surface area contributed by atoms with Crippen molar-refractivity contribution in [2.45, 2.75) is 18.7 Å². The van der Waals surface area contributed by atoms with Crippen molar-refractivity contribution in [3.05, 3.63) is 42.5 Å². The van der Waals surface area contributed by atoms with Gasteiger partial charge in [-0.15, -0.1) is 6.58 Å². The molecule has 3 N–H and O–H groups in total. The molecule has 1 aromatic rings. The van der Waals surface area contributed by atoms with E-state index in [2.05, 4.69) is 22.2 Å². The molecule has 0 unspecified atom stereocenters. The van der Waals surface area contributed by atoms with E-state index in [-0.39, 0.29) is 28.8 Å². The summed E-state index contributed by atoms with van der Waals surface area (Å²) in [4.78, 5) is 23.2. The van der Waals surface area contributed by atoms with Gasteiger partial charge in [0, 0.05) is 18.0 Å². The van der Waals surface area contributed by atoms with Gasteiger partial charge in [0.05, 0.1) is 4.90 Å². The Bertz CT molecular complexity index is 651. The van der Waals surface area contributed by atoms with Crippen LogP contribution in [0.3, 0.4) is 0 Å². The standard InChI is InChI=1S/C14H19N3O4S/c1-4-9-15-22(20,21)12-7-5-11(6-8-12)14(19)17-16-13(18)10(2)3/h4-8,10,15H,1,9H2,2-3H3,(H,16,18)(H,17,19). The molecule has 0 spiro atoms. The zero-order chi connectivity index (χ0) is 16.8. The van der Waals surface area contributed by atoms with Gasteiger partial charge in [-0.2, -0.15) is 0 Å². The highest BCUT2D eigenvalue weighted by Gasteiger charge is 2.14. The molecule has 22 heavy (non-hydrogen) atoms. The van der Waals surface area contributed by atoms with Gasteiger partial charge < -0.3 is 0 Å². The maximum absolute atomic E-state index is 11.8. The van der Waals surface area contributed by atoms with Crippen LogP contribution in [0.1, 0.15) is 24.2 Å². The number of benzene rings is 1. The number of hydrazine groups is 1. The van der Waals surface area contributed by atoms with Crippen LogP contribution in [0.2, 0.25) is 0 Å². The Hall–Kier alpha value is -2.19. The molecule has 0 saturated heterocycles. The van der Waals surface area contributed by atoms with Gasteiger partial charge in [0.15, 0.2) is 0 Å². The number of hydrogen-bond donors (Lipinski definition) is 3. The van der Waals surface area contributed by atoms with Gasteiger partial charge in [-0.05, 0) is 24.3 Å². The van der Waals surface area contributed by atoms with E-state index in [1.54, 1.807) is 13.8 Å². The summed E-state index contributed by atoms with van der Waals surface area (Å²) < 4.78 is 26.0. The average Bonchev–Trinajstić information content (AvgIpc) is 2.50. The molecule has 0 aromatic heterocycles. The summed E-state index contributed by atoms with van der Waals surface area (Å²) in [5.74, 6) is -1.11. The minimum atomic E-state index is -3.62. The predicted molar refractivity (Wildman–Crippen MR) is 82.3 cm³/mol. The molecule has 0 saturated carbocycles. The lowest BCUT2D eigenvalue weighted by Crippen LogP contribution is -2.43. The lowest BCUT2D eigenvalue weighted by molar-refractivity contribution is -0.124. The molecule has 0 bridgehead atoms. The van der Waals surface area contributed by atoms with Gasteiger partial charge in [-0.25, -0.2) is 13.1 Å². The van der Waals surface area contributed by atoms with Crippen LogP contribution >= 0.6 is 0 Å². The molecule has 0 aliphatic carbocycles. The van der Waals surface area contributed by atoms with Crippen LogP contribution in [0.25, 0.3) is 0 Å². The summed E-state index contributed by atoms with van der Waals surface area (Å²) in [5, 5.41) is 0. The van der Waals surface area contributed by atoms with Crippen molar-refractivity contribution in [1.82, 2.24) is 15.6 Å². The summed E-state index contributed by atoms with van der Waals surface area (Å²) in [6, 6.07) is 5.34. The average molecular weight is 325 g/mol. The van der Waals surface area contributed by atoms with Crippen LogP contribution in [-0.4, -0.2) is 26.8 Å². The summed E-state index contributed by atoms with van der Waals surface area (Å²) in [7, 11) is -3.62. The summed E-state index contributed by atoms with van der Waals surface area (Å²) in [5.41, 5.74) is 4.76. The Kier molecular flexibility index (Phi) is 6.26. The molecule has 1 rings (SSSR count). The summed E-state index contributed by atoms with van der Waals surface area (Å²) in [6.07, 6.45) is 1.43. The van der Waals surface area contributed by atoms with Crippen LogP contribution in [0, 0.1) is 5.92 Å². The van der Waals surface area contributed by atoms with E-state index in [1.165, 1.54) is 30.3 Å². The van der Waals surface area contributed by atoms with E-state index in [1.807, 2.05) is 0 Å². The third kappa shape index (κ3) is 4.97. The van der Waals surface area contributed by atoms with Crippen molar-refractivity contribution in [2.24, 2.45) is 5.92 Å². The first-order valence-electron chi connectivity index (χ1n) is 6.58. The number of hydrogen-bond acceptors (Lipinski definition) is 4. The first-order chi connectivity index (χ1) is 10.3. The molecule has 1 aromatic carbocycles. The third-order valence-electron chi connectivity index (χ3n) is 2.67. The van der Waals surface area contributed by atoms with Crippen molar-refractivity contribution in [3.8, 4) is 0 Å². The third-order valence-corrected chi connectivity index (χ3v) is 4.11. The lowest BCUT2D eigenvalue weighted by Gasteiger charge is -2.10. The molecule has 120 valence electrons. The largest absolute Gasteiger partial charge is 0.273 e. The number of amides is 2. The van der Waals surface area contributed by atoms with Crippen molar-refractivity contribution in [1.29, 1.82) is 0 Å². The second-order valence-corrected chi connectivity index (χ2v) is 6.53. The van der Waals surface area contributed by atoms with Crippen LogP contribution in [-0.2, 0) is 14.8 Å². The normalized spacial score (nSPS) is 11.0. The topological polar surface area (TPSA) is 104 Å². The highest BCUT2D eigenvalue weighted by Crippen LogP contribution is 2.10. The SMILES string of the molecule is C=CCNS(=O)(=O)c1ccc(C(=O)NNC(=O)C(C)C)cc1. The molecule has 0 aliphatic rings. The molecule has 7 nitrogen and oxygen atoms in total. The molecular formula is C14H19N3O4S. The number of nitrogens with one attached hydrogen (secondary N) is 3. The number of rotatable bonds is 6. The van der Waals surface area contributed by atoms with E-state index < -0.39 is 15.9 Å². The van der Waals surface area contributed by atoms with Gasteiger partial charge in [0.25, 0.3) is 5.91 Å². The van der Waals surface area contributed by atoms with Crippen molar-refractivity contribution >= 4 is 21.8 Å². The highest BCUT2D eigenvalue weighted by atomic mass is 32.2. The van der Waals surface area contributed by atoms with Crippen LogP contribution in [0.4, 0.5) is 0 Å². The zero-order valence-electron chi connectivity index (χ0n) is 12.4. The zero-order valence-corrected chi connectivity index (χ0v) is 13.2. The molecule has 0 fully saturated rings. The predicted octanol–water partition coefficient (Wildman–Crippen LogP) is 0.568. The molecule has 0 radical (unpaired) electrons. The Balaban J connectivity index is 2.74. The molecule has 2 amide bonds. The fourth-order valence-corrected chi connectivity index (χ4v) is 2.37. The van der Waals surface area contributed by atoms with Gasteiger partial charge in [-0.1, -0.05) is 19.9 Å². The maximum Gasteiger partial charge on any atom is 0.269 e. The highest BCUT2D eigenvalue weighted by molar-refractivity contribution is 7.89. The molecule has 8 heteroatoms. The van der Waals surface area contributed by atoms with Crippen molar-refractivity contribution < 1.29 is 18.0 Å². The van der Waals surface area contributed by atoms with E-state index in [4.69, 9.17) is 0 Å². The van der Waals surface area contributed by atoms with Gasteiger partial charge in [0.1, 0.15) is 0 Å². The number of carbonyl (C=O) groups excluding carboxylic acids is 2. The number of sulfonamides is 1. The second kappa shape index (κ2) is 7.71. The Morgan fingerprint density at radius 2 is 1.77 bits per heavy atom. The fraction of sp³-hybridized carbons (Fsp3) is 0.286. The van der Waals surface area contributed by atoms with E-state index in [9.17, 15) is 18.0 Å². The monoisotopic (exact) mass is 325 g/mol. The van der Waals surface area contributed by atoms with Crippen molar-refractivity contribution in [3.63, 3.8) is 0 Å². The summed E-state index contributed by atoms with van der Waals surface area (Å²) >= 11 is 0. The Morgan fingerprint density at radius 1 is 1.18 bits per heavy atom. The molecule has 0 aliphatic heterocycles. The Morgan fingerprint density at radius 3 is 2.27 bits per heavy atom. The number of carbonyl (C=O) groups is 2. The molecule has 0 heterocycles. The quantitative estimate of drug-likeness (QED) is 0.525. The van der Waals surface area contributed by atoms with Crippen LogP contribution in [0.5, 0.6) is 0 Å². The first-order valence-corrected chi connectivity index (χ1v) is 8.07. The van der Waals surface area contributed by atoms with Gasteiger partial charge >= 0.3 is 0 Å². The van der Waals surface area contributed by atoms with Gasteiger partial charge in [0.2, 0.25) is 15.9 Å². The van der Waals surface area contributed by atoms with Crippen LogP contribution < -0.4 is 15.6 Å². The van der Waals surface area contributed by atoms with Gasteiger partial charge in [-0.3, -0.25) is 20.4 Å². The maximum atomic E-state index is 11.8. The minimum absolute atomic E-state index is 0.0390. The van der Waals surface area contributed by atoms with Crippen LogP contribution in [0.15, 0.2) is 41.8 Å². The fourth-order valence-electron chi connectivity index (χ4n) is 1.37. The summed E-state index contributed by atoms with van der Waals surface area (Å²) in [6.45, 7) is 6.93. The van der Waals surface area contributed by atoms with E-state index >= 15 is 0 Å². The van der Waals surface area contributed by atoms with E-state index in [0.717, 1.165) is 0 Å². The molecular weight excluding hydrogens is 306 g/mol. The Labute approximate surface area is 129 Å².